The van der Waals surface area contributed by atoms with Crippen molar-refractivity contribution in [2.45, 2.75) is 38.1 Å². The van der Waals surface area contributed by atoms with Gasteiger partial charge in [0.15, 0.2) is 0 Å². The van der Waals surface area contributed by atoms with E-state index in [4.69, 9.17) is 0 Å². The summed E-state index contributed by atoms with van der Waals surface area (Å²) in [6.45, 7) is 3.70. The molecule has 0 aromatic heterocycles. The van der Waals surface area contributed by atoms with Gasteiger partial charge in [0, 0.05) is 6.04 Å². The Morgan fingerprint density at radius 3 is 2.35 bits per heavy atom. The Balaban J connectivity index is 1.95. The van der Waals surface area contributed by atoms with Gasteiger partial charge in [-0.3, -0.25) is 9.59 Å². The second kappa shape index (κ2) is 5.61. The van der Waals surface area contributed by atoms with Crippen molar-refractivity contribution in [1.82, 2.24) is 10.6 Å². The van der Waals surface area contributed by atoms with Gasteiger partial charge in [-0.15, -0.1) is 0 Å². The van der Waals surface area contributed by atoms with Crippen LogP contribution in [0.2, 0.25) is 0 Å². The molecule has 0 saturated heterocycles. The Morgan fingerprint density at radius 1 is 1.25 bits per heavy atom. The maximum Gasteiger partial charge on any atom is 0.239 e. The van der Waals surface area contributed by atoms with Crippen molar-refractivity contribution in [3.63, 3.8) is 0 Å². The lowest BCUT2D eigenvalue weighted by Gasteiger charge is -2.16. The zero-order valence-corrected chi connectivity index (χ0v) is 11.7. The highest BCUT2D eigenvalue weighted by Crippen LogP contribution is 2.48. The molecule has 20 heavy (non-hydrogen) atoms. The number of carbonyl (C=O) groups is 2. The van der Waals surface area contributed by atoms with Crippen molar-refractivity contribution in [2.75, 3.05) is 6.54 Å². The number of amides is 2. The monoisotopic (exact) mass is 278 g/mol. The molecule has 5 heteroatoms. The van der Waals surface area contributed by atoms with Gasteiger partial charge in [0.25, 0.3) is 0 Å². The Kier molecular flexibility index (Phi) is 4.06. The van der Waals surface area contributed by atoms with Crippen molar-refractivity contribution < 1.29 is 14.0 Å². The fourth-order valence-electron chi connectivity index (χ4n) is 2.24. The lowest BCUT2D eigenvalue weighted by molar-refractivity contribution is -0.127. The number of hydrogen-bond donors (Lipinski definition) is 2. The first kappa shape index (κ1) is 14.5. The average Bonchev–Trinajstić information content (AvgIpc) is 3.17. The lowest BCUT2D eigenvalue weighted by Crippen LogP contribution is -2.43. The van der Waals surface area contributed by atoms with Crippen molar-refractivity contribution in [3.05, 3.63) is 35.6 Å². The van der Waals surface area contributed by atoms with Crippen LogP contribution in [0, 0.1) is 5.82 Å². The summed E-state index contributed by atoms with van der Waals surface area (Å²) in [6, 6.07) is 6.03. The fraction of sp³-hybridized carbons (Fsp3) is 0.467. The first-order chi connectivity index (χ1) is 9.44. The molecule has 0 heterocycles. The van der Waals surface area contributed by atoms with E-state index in [-0.39, 0.29) is 30.2 Å². The van der Waals surface area contributed by atoms with Crippen molar-refractivity contribution in [3.8, 4) is 0 Å². The van der Waals surface area contributed by atoms with Crippen molar-refractivity contribution >= 4 is 11.8 Å². The molecule has 0 radical (unpaired) electrons. The Bertz CT molecular complexity index is 507. The Morgan fingerprint density at radius 2 is 1.85 bits per heavy atom. The minimum atomic E-state index is -0.578. The van der Waals surface area contributed by atoms with E-state index < -0.39 is 5.41 Å². The number of carbonyl (C=O) groups excluding carboxylic acids is 2. The van der Waals surface area contributed by atoms with E-state index in [1.54, 1.807) is 12.1 Å². The highest BCUT2D eigenvalue weighted by Gasteiger charge is 2.51. The van der Waals surface area contributed by atoms with Gasteiger partial charge < -0.3 is 10.6 Å². The van der Waals surface area contributed by atoms with Crippen LogP contribution in [0.25, 0.3) is 0 Å². The van der Waals surface area contributed by atoms with Gasteiger partial charge in [0.2, 0.25) is 11.8 Å². The molecule has 2 amide bonds. The average molecular weight is 278 g/mol. The molecule has 1 saturated carbocycles. The van der Waals surface area contributed by atoms with Crippen LogP contribution in [0.4, 0.5) is 4.39 Å². The molecule has 1 aromatic carbocycles. The third kappa shape index (κ3) is 3.15. The molecule has 4 nitrogen and oxygen atoms in total. The number of benzene rings is 1. The van der Waals surface area contributed by atoms with Crippen LogP contribution in [-0.4, -0.2) is 24.4 Å². The normalized spacial score (nSPS) is 15.8. The lowest BCUT2D eigenvalue weighted by atomic mass is 9.95. The van der Waals surface area contributed by atoms with Gasteiger partial charge in [0.05, 0.1) is 12.0 Å². The topological polar surface area (TPSA) is 58.2 Å². The largest absolute Gasteiger partial charge is 0.352 e. The van der Waals surface area contributed by atoms with Crippen LogP contribution in [0.3, 0.4) is 0 Å². The third-order valence-corrected chi connectivity index (χ3v) is 3.44. The van der Waals surface area contributed by atoms with Crippen LogP contribution in [0.15, 0.2) is 24.3 Å². The van der Waals surface area contributed by atoms with Crippen LogP contribution >= 0.6 is 0 Å². The summed E-state index contributed by atoms with van der Waals surface area (Å²) < 4.78 is 12.9. The Hall–Kier alpha value is -1.91. The molecule has 1 fully saturated rings. The van der Waals surface area contributed by atoms with Crippen molar-refractivity contribution in [2.24, 2.45) is 0 Å². The molecule has 0 aliphatic heterocycles. The van der Waals surface area contributed by atoms with E-state index in [1.165, 1.54) is 12.1 Å². The predicted molar refractivity (Wildman–Crippen MR) is 73.6 cm³/mol. The molecule has 0 unspecified atom stereocenters. The molecule has 108 valence electrons. The number of rotatable bonds is 5. The van der Waals surface area contributed by atoms with E-state index in [9.17, 15) is 14.0 Å². The quantitative estimate of drug-likeness (QED) is 0.857. The molecule has 1 aliphatic carbocycles. The molecular weight excluding hydrogens is 259 g/mol. The molecular formula is C15H19FN2O2. The molecule has 1 aliphatic rings. The van der Waals surface area contributed by atoms with Gasteiger partial charge in [0.1, 0.15) is 5.82 Å². The maximum absolute atomic E-state index is 12.9. The van der Waals surface area contributed by atoms with Gasteiger partial charge in [-0.25, -0.2) is 4.39 Å². The SMILES string of the molecule is CC(C)NC(=O)CNC(=O)C1(c2ccc(F)cc2)CC1. The van der Waals surface area contributed by atoms with Gasteiger partial charge in [-0.05, 0) is 44.4 Å². The fourth-order valence-corrected chi connectivity index (χ4v) is 2.24. The van der Waals surface area contributed by atoms with Crippen LogP contribution in [0.1, 0.15) is 32.3 Å². The summed E-state index contributed by atoms with van der Waals surface area (Å²) >= 11 is 0. The van der Waals surface area contributed by atoms with E-state index in [2.05, 4.69) is 10.6 Å². The molecule has 0 atom stereocenters. The predicted octanol–water partition coefficient (Wildman–Crippen LogP) is 1.50. The smallest absolute Gasteiger partial charge is 0.239 e. The summed E-state index contributed by atoms with van der Waals surface area (Å²) in [4.78, 5) is 23.7. The summed E-state index contributed by atoms with van der Waals surface area (Å²) in [5.41, 5.74) is 0.229. The molecule has 0 spiro atoms. The number of halogens is 1. The minimum absolute atomic E-state index is 0.0278. The molecule has 2 N–H and O–H groups in total. The van der Waals surface area contributed by atoms with Crippen LogP contribution in [0.5, 0.6) is 0 Å². The summed E-state index contributed by atoms with van der Waals surface area (Å²) in [7, 11) is 0. The van der Waals surface area contributed by atoms with Gasteiger partial charge in [-0.1, -0.05) is 12.1 Å². The highest BCUT2D eigenvalue weighted by atomic mass is 19.1. The van der Waals surface area contributed by atoms with Gasteiger partial charge in [-0.2, -0.15) is 0 Å². The summed E-state index contributed by atoms with van der Waals surface area (Å²) in [6.07, 6.45) is 1.46. The van der Waals surface area contributed by atoms with E-state index in [0.717, 1.165) is 18.4 Å². The number of hydrogen-bond acceptors (Lipinski definition) is 2. The summed E-state index contributed by atoms with van der Waals surface area (Å²) in [5, 5.41) is 5.37. The zero-order valence-electron chi connectivity index (χ0n) is 11.7. The number of nitrogens with one attached hydrogen (secondary N) is 2. The minimum Gasteiger partial charge on any atom is -0.352 e. The second-order valence-corrected chi connectivity index (χ2v) is 5.49. The first-order valence-corrected chi connectivity index (χ1v) is 6.78. The zero-order chi connectivity index (χ0) is 14.8. The molecule has 2 rings (SSSR count). The molecule has 0 bridgehead atoms. The van der Waals surface area contributed by atoms with E-state index in [0.29, 0.717) is 0 Å². The highest BCUT2D eigenvalue weighted by molar-refractivity contribution is 5.93. The standard InChI is InChI=1S/C15H19FN2O2/c1-10(2)18-13(19)9-17-14(20)15(7-8-15)11-3-5-12(16)6-4-11/h3-6,10H,7-9H2,1-2H3,(H,17,20)(H,18,19). The second-order valence-electron chi connectivity index (χ2n) is 5.49. The van der Waals surface area contributed by atoms with E-state index in [1.807, 2.05) is 13.8 Å². The van der Waals surface area contributed by atoms with Crippen LogP contribution < -0.4 is 10.6 Å². The maximum atomic E-state index is 12.9. The van der Waals surface area contributed by atoms with E-state index >= 15 is 0 Å². The Labute approximate surface area is 117 Å². The summed E-state index contributed by atoms with van der Waals surface area (Å²) in [5.74, 6) is -0.687. The third-order valence-electron chi connectivity index (χ3n) is 3.44. The van der Waals surface area contributed by atoms with Crippen LogP contribution in [-0.2, 0) is 15.0 Å². The molecule has 1 aromatic rings. The van der Waals surface area contributed by atoms with Crippen molar-refractivity contribution in [1.29, 1.82) is 0 Å². The first-order valence-electron chi connectivity index (χ1n) is 6.78. The van der Waals surface area contributed by atoms with Gasteiger partial charge >= 0.3 is 0 Å².